The molecule has 2 rings (SSSR count). The van der Waals surface area contributed by atoms with Crippen molar-refractivity contribution in [3.63, 3.8) is 0 Å². The molecule has 0 saturated carbocycles. The van der Waals surface area contributed by atoms with E-state index in [4.69, 9.17) is 0 Å². The fraction of sp³-hybridized carbons (Fsp3) is 0.400. The van der Waals surface area contributed by atoms with Crippen molar-refractivity contribution >= 4 is 9.84 Å². The number of rotatable bonds is 6. The van der Waals surface area contributed by atoms with Crippen LogP contribution in [0.2, 0.25) is 0 Å². The van der Waals surface area contributed by atoms with E-state index in [0.717, 1.165) is 18.7 Å². The summed E-state index contributed by atoms with van der Waals surface area (Å²) in [5.41, 5.74) is 0.693. The van der Waals surface area contributed by atoms with Gasteiger partial charge in [-0.1, -0.05) is 19.1 Å². The van der Waals surface area contributed by atoms with Crippen molar-refractivity contribution in [3.05, 3.63) is 48.0 Å². The van der Waals surface area contributed by atoms with Crippen LogP contribution >= 0.6 is 0 Å². The Morgan fingerprint density at radius 3 is 2.52 bits per heavy atom. The van der Waals surface area contributed by atoms with Crippen LogP contribution in [-0.2, 0) is 22.8 Å². The van der Waals surface area contributed by atoms with Crippen molar-refractivity contribution in [2.24, 2.45) is 0 Å². The van der Waals surface area contributed by atoms with E-state index < -0.39 is 15.9 Å². The monoisotopic (exact) mass is 308 g/mol. The van der Waals surface area contributed by atoms with E-state index in [1.165, 1.54) is 18.4 Å². The Morgan fingerprint density at radius 2 is 1.95 bits per heavy atom. The van der Waals surface area contributed by atoms with Gasteiger partial charge in [-0.3, -0.25) is 0 Å². The van der Waals surface area contributed by atoms with Gasteiger partial charge in [0.15, 0.2) is 9.84 Å². The molecule has 0 bridgehead atoms. The molecule has 2 aromatic rings. The predicted molar refractivity (Wildman–Crippen MR) is 80.7 cm³/mol. The molecule has 1 atom stereocenters. The first-order valence-corrected chi connectivity index (χ1v) is 8.79. The first-order chi connectivity index (χ1) is 9.91. The lowest BCUT2D eigenvalue weighted by molar-refractivity contribution is 0.155. The van der Waals surface area contributed by atoms with Crippen LogP contribution in [0.15, 0.2) is 41.6 Å². The minimum atomic E-state index is -3.21. The minimum Gasteiger partial charge on any atom is -0.387 e. The van der Waals surface area contributed by atoms with Gasteiger partial charge in [0.25, 0.3) is 0 Å². The molecule has 0 amide bonds. The zero-order chi connectivity index (χ0) is 15.5. The van der Waals surface area contributed by atoms with Gasteiger partial charge >= 0.3 is 0 Å². The van der Waals surface area contributed by atoms with E-state index in [0.29, 0.717) is 12.1 Å². The van der Waals surface area contributed by atoms with Gasteiger partial charge in [0.05, 0.1) is 17.5 Å². The standard InChI is InChI=1S/C15H20N2O3S/c1-3-4-15-16-9-10-17(15)11-14(18)12-5-7-13(8-6-12)21(2,19)20/h5-10,14,18H,3-4,11H2,1-2H3/t14-/m1/s1. The van der Waals surface area contributed by atoms with E-state index in [9.17, 15) is 13.5 Å². The van der Waals surface area contributed by atoms with Crippen molar-refractivity contribution in [1.82, 2.24) is 9.55 Å². The Kier molecular flexibility index (Phi) is 4.80. The average Bonchev–Trinajstić information content (AvgIpc) is 2.86. The van der Waals surface area contributed by atoms with Crippen molar-refractivity contribution in [2.45, 2.75) is 37.3 Å². The molecule has 0 aliphatic carbocycles. The molecule has 0 aliphatic heterocycles. The molecule has 114 valence electrons. The van der Waals surface area contributed by atoms with Gasteiger partial charge < -0.3 is 9.67 Å². The molecule has 6 heteroatoms. The molecule has 1 aromatic carbocycles. The van der Waals surface area contributed by atoms with Crippen LogP contribution in [0, 0.1) is 0 Å². The molecule has 0 saturated heterocycles. The molecule has 1 heterocycles. The van der Waals surface area contributed by atoms with Gasteiger partial charge in [-0.25, -0.2) is 13.4 Å². The van der Waals surface area contributed by atoms with E-state index in [2.05, 4.69) is 11.9 Å². The van der Waals surface area contributed by atoms with Gasteiger partial charge in [-0.05, 0) is 24.1 Å². The Labute approximate surface area is 125 Å². The lowest BCUT2D eigenvalue weighted by Gasteiger charge is -2.14. The number of benzene rings is 1. The molecule has 5 nitrogen and oxygen atoms in total. The largest absolute Gasteiger partial charge is 0.387 e. The van der Waals surface area contributed by atoms with Gasteiger partial charge in [0.1, 0.15) is 5.82 Å². The van der Waals surface area contributed by atoms with Crippen LogP contribution in [-0.4, -0.2) is 29.3 Å². The summed E-state index contributed by atoms with van der Waals surface area (Å²) in [5, 5.41) is 10.3. The number of nitrogens with zero attached hydrogens (tertiary/aromatic N) is 2. The molecule has 0 unspecified atom stereocenters. The zero-order valence-electron chi connectivity index (χ0n) is 12.2. The lowest BCUT2D eigenvalue weighted by Crippen LogP contribution is -2.11. The summed E-state index contributed by atoms with van der Waals surface area (Å²) < 4.78 is 24.8. The van der Waals surface area contributed by atoms with E-state index in [-0.39, 0.29) is 4.90 Å². The Bertz CT molecular complexity index is 690. The molecule has 1 aromatic heterocycles. The Morgan fingerprint density at radius 1 is 1.29 bits per heavy atom. The maximum atomic E-state index is 11.4. The van der Waals surface area contributed by atoms with Crippen molar-refractivity contribution in [1.29, 1.82) is 0 Å². The fourth-order valence-electron chi connectivity index (χ4n) is 2.19. The second-order valence-corrected chi connectivity index (χ2v) is 7.12. The van der Waals surface area contributed by atoms with Crippen LogP contribution in [0.4, 0.5) is 0 Å². The maximum Gasteiger partial charge on any atom is 0.175 e. The summed E-state index contributed by atoms with van der Waals surface area (Å²) in [5.74, 6) is 0.948. The maximum absolute atomic E-state index is 11.4. The van der Waals surface area contributed by atoms with E-state index in [1.54, 1.807) is 18.3 Å². The van der Waals surface area contributed by atoms with Crippen molar-refractivity contribution in [2.75, 3.05) is 6.26 Å². The van der Waals surface area contributed by atoms with Crippen molar-refractivity contribution < 1.29 is 13.5 Å². The minimum absolute atomic E-state index is 0.257. The highest BCUT2D eigenvalue weighted by Crippen LogP contribution is 2.19. The third-order valence-electron chi connectivity index (χ3n) is 3.34. The second kappa shape index (κ2) is 6.41. The summed E-state index contributed by atoms with van der Waals surface area (Å²) >= 11 is 0. The Balaban J connectivity index is 2.13. The second-order valence-electron chi connectivity index (χ2n) is 5.10. The van der Waals surface area contributed by atoms with Gasteiger partial charge in [0, 0.05) is 25.1 Å². The number of aliphatic hydroxyl groups excluding tert-OH is 1. The molecular weight excluding hydrogens is 288 g/mol. The van der Waals surface area contributed by atoms with Crippen molar-refractivity contribution in [3.8, 4) is 0 Å². The molecule has 0 fully saturated rings. The molecular formula is C15H20N2O3S. The summed E-state index contributed by atoms with van der Waals surface area (Å²) in [6, 6.07) is 6.35. The molecule has 1 N–H and O–H groups in total. The van der Waals surface area contributed by atoms with E-state index >= 15 is 0 Å². The quantitative estimate of drug-likeness (QED) is 0.885. The summed E-state index contributed by atoms with van der Waals surface area (Å²) in [6.07, 6.45) is 5.91. The third kappa shape index (κ3) is 3.92. The van der Waals surface area contributed by atoms with Gasteiger partial charge in [-0.2, -0.15) is 0 Å². The normalized spacial score (nSPS) is 13.3. The summed E-state index contributed by atoms with van der Waals surface area (Å²) in [7, 11) is -3.21. The smallest absolute Gasteiger partial charge is 0.175 e. The number of aliphatic hydroxyl groups is 1. The first kappa shape index (κ1) is 15.7. The lowest BCUT2D eigenvalue weighted by atomic mass is 10.1. The molecule has 0 aliphatic rings. The number of aromatic nitrogens is 2. The highest BCUT2D eigenvalue weighted by Gasteiger charge is 2.13. The van der Waals surface area contributed by atoms with Gasteiger partial charge in [-0.15, -0.1) is 0 Å². The molecule has 0 radical (unpaired) electrons. The number of imidazole rings is 1. The zero-order valence-corrected chi connectivity index (χ0v) is 13.0. The fourth-order valence-corrected chi connectivity index (χ4v) is 2.82. The van der Waals surface area contributed by atoms with Gasteiger partial charge in [0.2, 0.25) is 0 Å². The predicted octanol–water partition coefficient (Wildman–Crippen LogP) is 1.97. The topological polar surface area (TPSA) is 72.2 Å². The van der Waals surface area contributed by atoms with Crippen LogP contribution < -0.4 is 0 Å². The van der Waals surface area contributed by atoms with Crippen LogP contribution in [0.1, 0.15) is 30.8 Å². The van der Waals surface area contributed by atoms with Crippen LogP contribution in [0.25, 0.3) is 0 Å². The Hall–Kier alpha value is -1.66. The number of hydrogen-bond donors (Lipinski definition) is 1. The van der Waals surface area contributed by atoms with E-state index in [1.807, 2.05) is 10.8 Å². The van der Waals surface area contributed by atoms with Crippen LogP contribution in [0.5, 0.6) is 0 Å². The SMILES string of the molecule is CCCc1nccn1C[C@@H](O)c1ccc(S(C)(=O)=O)cc1. The average molecular weight is 308 g/mol. The third-order valence-corrected chi connectivity index (χ3v) is 4.47. The molecule has 21 heavy (non-hydrogen) atoms. The number of sulfone groups is 1. The highest BCUT2D eigenvalue weighted by molar-refractivity contribution is 7.90. The number of hydrogen-bond acceptors (Lipinski definition) is 4. The highest BCUT2D eigenvalue weighted by atomic mass is 32.2. The summed E-state index contributed by atoms with van der Waals surface area (Å²) in [6.45, 7) is 2.49. The molecule has 0 spiro atoms. The first-order valence-electron chi connectivity index (χ1n) is 6.90. The van der Waals surface area contributed by atoms with Crippen LogP contribution in [0.3, 0.4) is 0 Å². The number of aryl methyl sites for hydroxylation is 1. The summed E-state index contributed by atoms with van der Waals surface area (Å²) in [4.78, 5) is 4.53.